The Bertz CT molecular complexity index is 1380. The number of ether oxygens (including phenoxy) is 2. The topological polar surface area (TPSA) is 67.0 Å². The van der Waals surface area contributed by atoms with Crippen molar-refractivity contribution in [1.82, 2.24) is 24.1 Å². The summed E-state index contributed by atoms with van der Waals surface area (Å²) in [4.78, 5) is 12.2. The first kappa shape index (κ1) is 27.2. The molecule has 4 aromatic rings. The molecule has 0 fully saturated rings. The predicted octanol–water partition coefficient (Wildman–Crippen LogP) is 6.73. The molecule has 36 heavy (non-hydrogen) atoms. The Kier molecular flexibility index (Phi) is 7.47. The molecule has 0 N–H and O–H groups in total. The van der Waals surface area contributed by atoms with Gasteiger partial charge >= 0.3 is 12.5 Å². The molecule has 0 saturated heterocycles. The van der Waals surface area contributed by atoms with E-state index in [2.05, 4.69) is 38.3 Å². The number of fused-ring (bicyclic) bond motifs is 3. The van der Waals surface area contributed by atoms with Crippen molar-refractivity contribution in [3.8, 4) is 11.5 Å². The first-order valence-electron chi connectivity index (χ1n) is 11.3. The van der Waals surface area contributed by atoms with E-state index in [4.69, 9.17) is 0 Å². The molecular formula is C24H28F5N5O2. The molecule has 0 bridgehead atoms. The third-order valence-electron chi connectivity index (χ3n) is 5.21. The van der Waals surface area contributed by atoms with Crippen molar-refractivity contribution < 1.29 is 31.4 Å². The summed E-state index contributed by atoms with van der Waals surface area (Å²) in [6.45, 7) is 9.96. The third kappa shape index (κ3) is 5.52. The highest BCUT2D eigenvalue weighted by Gasteiger charge is 2.43. The van der Waals surface area contributed by atoms with Gasteiger partial charge < -0.3 is 18.6 Å². The molecule has 7 nitrogen and oxygen atoms in total. The molecule has 4 heterocycles. The Morgan fingerprint density at radius 1 is 0.944 bits per heavy atom. The molecule has 0 aliphatic carbocycles. The smallest absolute Gasteiger partial charge is 0.395 e. The molecule has 1 aromatic carbocycles. The van der Waals surface area contributed by atoms with Crippen LogP contribution in [0.1, 0.15) is 57.2 Å². The number of hydrogen-bond donors (Lipinski definition) is 0. The number of aromatic nitrogens is 5. The van der Waals surface area contributed by atoms with E-state index in [0.29, 0.717) is 11.2 Å². The highest BCUT2D eigenvalue weighted by Crippen LogP contribution is 2.43. The maximum Gasteiger partial charge on any atom is 0.586 e. The van der Waals surface area contributed by atoms with E-state index in [1.807, 2.05) is 27.8 Å². The molecule has 0 spiro atoms. The first-order valence-corrected chi connectivity index (χ1v) is 11.3. The first-order chi connectivity index (χ1) is 16.7. The lowest BCUT2D eigenvalue weighted by atomic mass is 10.2. The van der Waals surface area contributed by atoms with Crippen molar-refractivity contribution in [1.29, 1.82) is 0 Å². The molecule has 1 aliphatic heterocycles. The van der Waals surface area contributed by atoms with Crippen LogP contribution in [0.25, 0.3) is 22.2 Å². The quantitative estimate of drug-likeness (QED) is 0.264. The number of pyridine rings is 1. The zero-order chi connectivity index (χ0) is 27.0. The van der Waals surface area contributed by atoms with Crippen molar-refractivity contribution in [2.45, 2.75) is 59.4 Å². The number of imidazole rings is 2. The molecular weight excluding hydrogens is 485 g/mol. The summed E-state index contributed by atoms with van der Waals surface area (Å²) in [7, 11) is 3.57. The molecule has 12 heteroatoms. The second-order valence-electron chi connectivity index (χ2n) is 8.63. The van der Waals surface area contributed by atoms with Gasteiger partial charge in [-0.25, -0.2) is 15.0 Å². The van der Waals surface area contributed by atoms with E-state index in [1.165, 1.54) is 18.6 Å². The van der Waals surface area contributed by atoms with E-state index < -0.39 is 18.0 Å². The number of hydrogen-bond acceptors (Lipinski definition) is 5. The summed E-state index contributed by atoms with van der Waals surface area (Å²) in [5.41, 5.74) is 1.34. The van der Waals surface area contributed by atoms with Crippen LogP contribution in [-0.2, 0) is 20.3 Å². The molecule has 0 unspecified atom stereocenters. The van der Waals surface area contributed by atoms with Gasteiger partial charge in [0.1, 0.15) is 17.2 Å². The van der Waals surface area contributed by atoms with Gasteiger partial charge in [0.25, 0.3) is 0 Å². The number of aryl methyl sites for hydroxylation is 3. The average Bonchev–Trinajstić information content (AvgIpc) is 3.36. The Morgan fingerprint density at radius 2 is 1.53 bits per heavy atom. The van der Waals surface area contributed by atoms with Crippen LogP contribution in [0, 0.1) is 6.92 Å². The number of nitrogens with zero attached hydrogens (tertiary/aromatic N) is 5. The lowest BCUT2D eigenvalue weighted by molar-refractivity contribution is -0.286. The molecule has 1 aliphatic rings. The molecule has 0 atom stereocenters. The van der Waals surface area contributed by atoms with Gasteiger partial charge in [-0.15, -0.1) is 8.78 Å². The van der Waals surface area contributed by atoms with Gasteiger partial charge in [0, 0.05) is 38.3 Å². The second kappa shape index (κ2) is 9.90. The van der Waals surface area contributed by atoms with Crippen LogP contribution in [0.15, 0.2) is 24.4 Å². The lowest BCUT2D eigenvalue weighted by Crippen LogP contribution is -2.25. The molecule has 5 rings (SSSR count). The molecule has 196 valence electrons. The average molecular weight is 514 g/mol. The summed E-state index contributed by atoms with van der Waals surface area (Å²) in [5.74, 6) is 1.73. The Morgan fingerprint density at radius 3 is 2.08 bits per heavy atom. The Labute approximate surface area is 204 Å². The van der Waals surface area contributed by atoms with Crippen LogP contribution < -0.4 is 9.47 Å². The fraction of sp³-hybridized carbons (Fsp3) is 0.458. The van der Waals surface area contributed by atoms with E-state index >= 15 is 0 Å². The summed E-state index contributed by atoms with van der Waals surface area (Å²) < 4.78 is 75.4. The van der Waals surface area contributed by atoms with Crippen LogP contribution in [0.4, 0.5) is 22.0 Å². The highest BCUT2D eigenvalue weighted by molar-refractivity contribution is 5.81. The van der Waals surface area contributed by atoms with Gasteiger partial charge in [-0.2, -0.15) is 13.2 Å². The minimum atomic E-state index is -4.38. The van der Waals surface area contributed by atoms with Crippen molar-refractivity contribution in [2.24, 2.45) is 14.1 Å². The Hall–Kier alpha value is -3.44. The van der Waals surface area contributed by atoms with Gasteiger partial charge in [0.15, 0.2) is 17.1 Å². The van der Waals surface area contributed by atoms with Crippen molar-refractivity contribution in [3.05, 3.63) is 41.6 Å². The highest BCUT2D eigenvalue weighted by atomic mass is 19.4. The summed E-state index contributed by atoms with van der Waals surface area (Å²) in [5, 5.41) is 0. The number of alkyl halides is 5. The van der Waals surface area contributed by atoms with Crippen LogP contribution in [0.3, 0.4) is 0 Å². The van der Waals surface area contributed by atoms with E-state index in [1.54, 1.807) is 16.2 Å². The largest absolute Gasteiger partial charge is 0.586 e. The third-order valence-corrected chi connectivity index (χ3v) is 5.21. The van der Waals surface area contributed by atoms with Crippen LogP contribution >= 0.6 is 0 Å². The van der Waals surface area contributed by atoms with Gasteiger partial charge in [-0.3, -0.25) is 0 Å². The zero-order valence-corrected chi connectivity index (χ0v) is 21.0. The van der Waals surface area contributed by atoms with E-state index in [-0.39, 0.29) is 22.9 Å². The standard InChI is InChI=1S/C11H12F3N3.C10H8F2N2O2.C3H8/c1-6(2)9-16-8-4-7(11(12,13)14)5-15-10(8)17(9)3;1-5-13-6-3-8-9(4-7(6)14(5)2)16-10(11,12)15-8;1-3-2/h4-6H,1-3H3;3-4H,1-2H3;3H2,1-2H3. The lowest BCUT2D eigenvalue weighted by Gasteiger charge is -2.05. The SMILES string of the molecule is CC(C)c1nc2cc(C(F)(F)F)cnc2n1C.CCC.Cc1nc2cc3c(cc2n1C)OC(F)(F)O3. The fourth-order valence-corrected chi connectivity index (χ4v) is 3.52. The fourth-order valence-electron chi connectivity index (χ4n) is 3.52. The predicted molar refractivity (Wildman–Crippen MR) is 125 cm³/mol. The molecule has 3 aromatic heterocycles. The minimum Gasteiger partial charge on any atom is -0.395 e. The summed E-state index contributed by atoms with van der Waals surface area (Å²) >= 11 is 0. The minimum absolute atomic E-state index is 0.0237. The van der Waals surface area contributed by atoms with Gasteiger partial charge in [0.05, 0.1) is 16.6 Å². The molecule has 0 saturated carbocycles. The molecule has 0 amide bonds. The maximum absolute atomic E-state index is 12.8. The summed E-state index contributed by atoms with van der Waals surface area (Å²) in [6, 6.07) is 4.00. The van der Waals surface area contributed by atoms with Gasteiger partial charge in [-0.05, 0) is 13.0 Å². The zero-order valence-electron chi connectivity index (χ0n) is 21.0. The number of rotatable bonds is 1. The second-order valence-corrected chi connectivity index (χ2v) is 8.63. The van der Waals surface area contributed by atoms with E-state index in [0.717, 1.165) is 29.4 Å². The maximum atomic E-state index is 12.8. The van der Waals surface area contributed by atoms with Crippen molar-refractivity contribution >= 4 is 22.2 Å². The van der Waals surface area contributed by atoms with Crippen LogP contribution in [0.5, 0.6) is 11.5 Å². The van der Waals surface area contributed by atoms with Gasteiger partial charge in [0.2, 0.25) is 0 Å². The number of benzene rings is 1. The summed E-state index contributed by atoms with van der Waals surface area (Å²) in [6.07, 6.45) is -5.86. The van der Waals surface area contributed by atoms with Crippen LogP contribution in [0.2, 0.25) is 0 Å². The van der Waals surface area contributed by atoms with Crippen LogP contribution in [-0.4, -0.2) is 30.4 Å². The van der Waals surface area contributed by atoms with Crippen molar-refractivity contribution in [2.75, 3.05) is 0 Å². The monoisotopic (exact) mass is 513 g/mol. The van der Waals surface area contributed by atoms with E-state index in [9.17, 15) is 22.0 Å². The molecule has 0 radical (unpaired) electrons. The van der Waals surface area contributed by atoms with Gasteiger partial charge in [-0.1, -0.05) is 34.1 Å². The number of halogens is 5. The Balaban J connectivity index is 0.000000181. The normalized spacial score (nSPS) is 14.0. The van der Waals surface area contributed by atoms with Crippen molar-refractivity contribution in [3.63, 3.8) is 0 Å².